The maximum absolute atomic E-state index is 10.7. The van der Waals surface area contributed by atoms with Crippen LogP contribution in [0.4, 0.5) is 0 Å². The Bertz CT molecular complexity index is 353. The average Bonchev–Trinajstić information content (AvgIpc) is 1.96. The van der Waals surface area contributed by atoms with Gasteiger partial charge in [-0.05, 0) is 13.8 Å². The zero-order valence-corrected chi connectivity index (χ0v) is 9.11. The second-order valence-corrected chi connectivity index (χ2v) is 3.51. The topological polar surface area (TPSA) is 156 Å². The molecule has 0 heterocycles. The fraction of sp³-hybridized carbons (Fsp3) is 0.833. The highest BCUT2D eigenvalue weighted by Crippen LogP contribution is 2.30. The largest absolute Gasteiger partial charge is 0.739 e. The third-order valence-corrected chi connectivity index (χ3v) is 1.97. The number of carbonyl (C=O) groups is 1. The van der Waals surface area contributed by atoms with Crippen LogP contribution in [0, 0.1) is 30.3 Å². The van der Waals surface area contributed by atoms with Gasteiger partial charge in [-0.1, -0.05) is 0 Å². The van der Waals surface area contributed by atoms with E-state index >= 15 is 0 Å². The summed E-state index contributed by atoms with van der Waals surface area (Å²) in [6.45, 7) is 2.28. The molecule has 96 valence electrons. The van der Waals surface area contributed by atoms with Crippen LogP contribution in [-0.2, 0) is 9.53 Å². The molecule has 11 heteroatoms. The van der Waals surface area contributed by atoms with E-state index in [4.69, 9.17) is 0 Å². The quantitative estimate of drug-likeness (QED) is 0.281. The first-order valence-electron chi connectivity index (χ1n) is 4.13. The van der Waals surface area contributed by atoms with Crippen molar-refractivity contribution in [1.29, 1.82) is 0 Å². The van der Waals surface area contributed by atoms with Crippen molar-refractivity contribution in [2.75, 3.05) is 0 Å². The van der Waals surface area contributed by atoms with Gasteiger partial charge in [0.25, 0.3) is 0 Å². The van der Waals surface area contributed by atoms with Gasteiger partial charge in [-0.2, -0.15) is 0 Å². The molecular formula is C6H9N3O8. The normalized spacial score (nSPS) is 11.7. The van der Waals surface area contributed by atoms with E-state index in [0.717, 1.165) is 20.8 Å². The first kappa shape index (κ1) is 14.7. The van der Waals surface area contributed by atoms with Gasteiger partial charge in [0.15, 0.2) is 14.8 Å². The van der Waals surface area contributed by atoms with E-state index in [1.807, 2.05) is 0 Å². The van der Waals surface area contributed by atoms with E-state index in [-0.39, 0.29) is 0 Å². The molecule has 0 rings (SSSR count). The molecule has 0 aliphatic carbocycles. The number of hydrogen-bond donors (Lipinski definition) is 0. The van der Waals surface area contributed by atoms with Crippen molar-refractivity contribution in [3.63, 3.8) is 0 Å². The Morgan fingerprint density at radius 2 is 1.29 bits per heavy atom. The van der Waals surface area contributed by atoms with Crippen molar-refractivity contribution in [2.24, 2.45) is 0 Å². The first-order chi connectivity index (χ1) is 7.50. The molecule has 0 unspecified atom stereocenters. The van der Waals surface area contributed by atoms with Gasteiger partial charge in [-0.15, -0.1) is 0 Å². The minimum Gasteiger partial charge on any atom is -0.435 e. The van der Waals surface area contributed by atoms with Gasteiger partial charge in [0.2, 0.25) is 0 Å². The zero-order valence-electron chi connectivity index (χ0n) is 9.11. The maximum Gasteiger partial charge on any atom is 0.739 e. The number of nitro groups is 3. The molecule has 0 spiro atoms. The Hall–Kier alpha value is -2.33. The van der Waals surface area contributed by atoms with Crippen LogP contribution in [0.3, 0.4) is 0 Å². The summed E-state index contributed by atoms with van der Waals surface area (Å²) < 4.78 is 4.32. The average molecular weight is 251 g/mol. The molecule has 0 aromatic heterocycles. The Kier molecular flexibility index (Phi) is 3.68. The van der Waals surface area contributed by atoms with Gasteiger partial charge in [-0.3, -0.25) is 35.1 Å². The van der Waals surface area contributed by atoms with E-state index < -0.39 is 32.1 Å². The van der Waals surface area contributed by atoms with Gasteiger partial charge in [-0.25, -0.2) is 0 Å². The van der Waals surface area contributed by atoms with Crippen LogP contribution in [0.2, 0.25) is 0 Å². The molecule has 0 bridgehead atoms. The van der Waals surface area contributed by atoms with Gasteiger partial charge in [0.1, 0.15) is 0 Å². The molecule has 17 heavy (non-hydrogen) atoms. The molecule has 0 aromatic rings. The lowest BCUT2D eigenvalue weighted by Crippen LogP contribution is -2.67. The van der Waals surface area contributed by atoms with E-state index in [9.17, 15) is 35.1 Å². The molecule has 0 amide bonds. The fourth-order valence-corrected chi connectivity index (χ4v) is 1.29. The van der Waals surface area contributed by atoms with Crippen LogP contribution in [0.5, 0.6) is 0 Å². The van der Waals surface area contributed by atoms with Crippen LogP contribution in [0.25, 0.3) is 0 Å². The third kappa shape index (κ3) is 2.11. The first-order valence-corrected chi connectivity index (χ1v) is 4.13. The van der Waals surface area contributed by atoms with Crippen molar-refractivity contribution in [2.45, 2.75) is 32.2 Å². The minimum absolute atomic E-state index is 0.725. The van der Waals surface area contributed by atoms with Crippen molar-refractivity contribution in [3.05, 3.63) is 30.3 Å². The van der Waals surface area contributed by atoms with Crippen LogP contribution < -0.4 is 0 Å². The van der Waals surface area contributed by atoms with E-state index in [1.165, 1.54) is 0 Å². The predicted molar refractivity (Wildman–Crippen MR) is 49.6 cm³/mol. The summed E-state index contributed by atoms with van der Waals surface area (Å²) in [4.78, 5) is 37.6. The van der Waals surface area contributed by atoms with Crippen molar-refractivity contribution < 1.29 is 24.3 Å². The molecule has 0 atom stereocenters. The summed E-state index contributed by atoms with van der Waals surface area (Å²) in [7, 11) is 0. The molecule has 0 saturated carbocycles. The molecule has 0 saturated heterocycles. The smallest absolute Gasteiger partial charge is 0.435 e. The van der Waals surface area contributed by atoms with Gasteiger partial charge in [0.05, 0.1) is 0 Å². The molecule has 0 fully saturated rings. The number of hydrogen-bond acceptors (Lipinski definition) is 8. The summed E-state index contributed by atoms with van der Waals surface area (Å²) in [5.74, 6) is -4.96. The monoisotopic (exact) mass is 251 g/mol. The lowest BCUT2D eigenvalue weighted by molar-refractivity contribution is -0.983. The Balaban J connectivity index is 5.93. The van der Waals surface area contributed by atoms with Crippen LogP contribution >= 0.6 is 0 Å². The molecule has 0 aliphatic heterocycles. The van der Waals surface area contributed by atoms with Crippen molar-refractivity contribution in [1.82, 2.24) is 0 Å². The molecule has 0 aromatic carbocycles. The van der Waals surface area contributed by atoms with Crippen molar-refractivity contribution in [3.8, 4) is 0 Å². The molecule has 0 N–H and O–H groups in total. The molecule has 0 radical (unpaired) electrons. The second kappa shape index (κ2) is 4.27. The summed E-state index contributed by atoms with van der Waals surface area (Å²) in [6, 6.07) is 0. The van der Waals surface area contributed by atoms with Crippen molar-refractivity contribution >= 4 is 5.97 Å². The van der Waals surface area contributed by atoms with E-state index in [0.29, 0.717) is 0 Å². The minimum atomic E-state index is -3.85. The highest BCUT2D eigenvalue weighted by molar-refractivity contribution is 5.66. The summed E-state index contributed by atoms with van der Waals surface area (Å²) in [5, 5.41) is 32.0. The third-order valence-electron chi connectivity index (χ3n) is 1.97. The number of rotatable bonds is 5. The van der Waals surface area contributed by atoms with Gasteiger partial charge >= 0.3 is 17.4 Å². The lowest BCUT2D eigenvalue weighted by Gasteiger charge is -2.23. The van der Waals surface area contributed by atoms with Crippen LogP contribution in [0.1, 0.15) is 20.8 Å². The molecule has 0 aliphatic rings. The maximum atomic E-state index is 10.7. The Labute approximate surface area is 93.8 Å². The highest BCUT2D eigenvalue weighted by atomic mass is 16.7. The number of nitrogens with zero attached hydrogens (tertiary/aromatic N) is 3. The Morgan fingerprint density at radius 3 is 1.47 bits per heavy atom. The highest BCUT2D eigenvalue weighted by Gasteiger charge is 2.83. The van der Waals surface area contributed by atoms with Crippen LogP contribution in [-0.4, -0.2) is 32.1 Å². The fourth-order valence-electron chi connectivity index (χ4n) is 1.29. The number of esters is 1. The van der Waals surface area contributed by atoms with Gasteiger partial charge in [0, 0.05) is 6.92 Å². The molecular weight excluding hydrogens is 242 g/mol. The predicted octanol–water partition coefficient (Wildman–Crippen LogP) is -0.188. The van der Waals surface area contributed by atoms with Crippen LogP contribution in [0.15, 0.2) is 0 Å². The second-order valence-electron chi connectivity index (χ2n) is 3.51. The SMILES string of the molecule is CC(=O)OC(C)(C)C([N+](=O)[O-])([N+](=O)[O-])[N+](=O)[O-]. The Morgan fingerprint density at radius 1 is 1.00 bits per heavy atom. The van der Waals surface area contributed by atoms with Gasteiger partial charge < -0.3 is 4.74 Å². The standard InChI is InChI=1S/C6H9N3O8/c1-4(10)17-5(2,3)6(7(11)12,8(13)14)9(15)16/h1-3H3. The summed E-state index contributed by atoms with van der Waals surface area (Å²) in [6.07, 6.45) is 0. The van der Waals surface area contributed by atoms with E-state index in [2.05, 4.69) is 4.74 Å². The van der Waals surface area contributed by atoms with E-state index in [1.54, 1.807) is 0 Å². The summed E-state index contributed by atoms with van der Waals surface area (Å²) in [5.41, 5.74) is -2.55. The molecule has 11 nitrogen and oxygen atoms in total. The number of ether oxygens (including phenoxy) is 1. The number of carbonyl (C=O) groups excluding carboxylic acids is 1. The lowest BCUT2D eigenvalue weighted by atomic mass is 10.0. The summed E-state index contributed by atoms with van der Waals surface area (Å²) >= 11 is 0. The zero-order chi connectivity index (χ0) is 14.0.